The molecule has 1 aliphatic rings. The third-order valence-corrected chi connectivity index (χ3v) is 5.86. The largest absolute Gasteiger partial charge is 0.497 e. The van der Waals surface area contributed by atoms with E-state index < -0.39 is 23.4 Å². The van der Waals surface area contributed by atoms with Crippen LogP contribution in [0.3, 0.4) is 0 Å². The van der Waals surface area contributed by atoms with Gasteiger partial charge < -0.3 is 14.8 Å². The fourth-order valence-corrected chi connectivity index (χ4v) is 4.25. The zero-order valence-electron chi connectivity index (χ0n) is 19.4. The minimum atomic E-state index is -4.83. The van der Waals surface area contributed by atoms with E-state index in [1.807, 2.05) is 30.3 Å². The van der Waals surface area contributed by atoms with Gasteiger partial charge in [0.15, 0.2) is 5.69 Å². The van der Waals surface area contributed by atoms with Gasteiger partial charge >= 0.3 is 12.1 Å². The van der Waals surface area contributed by atoms with E-state index in [2.05, 4.69) is 15.4 Å². The molecule has 1 aliphatic heterocycles. The number of amidine groups is 1. The Morgan fingerprint density at radius 3 is 2.56 bits per heavy atom. The third kappa shape index (κ3) is 4.04. The number of carbonyl (C=O) groups is 1. The summed E-state index contributed by atoms with van der Waals surface area (Å²) in [5.41, 5.74) is 0.784. The van der Waals surface area contributed by atoms with Gasteiger partial charge in [-0.15, -0.1) is 0 Å². The summed E-state index contributed by atoms with van der Waals surface area (Å²) in [5, 5.41) is 8.47. The number of halogens is 3. The topological polar surface area (TPSA) is 77.7 Å². The maximum Gasteiger partial charge on any atom is 0.434 e. The molecule has 0 aliphatic carbocycles. The van der Waals surface area contributed by atoms with Crippen molar-refractivity contribution in [3.8, 4) is 11.4 Å². The lowest BCUT2D eigenvalue weighted by Gasteiger charge is -2.15. The SMILES string of the molecule is CCOC(=O)c1cnn(-c2ccc3c4c(cccc24)C(NCc2ccc(OC)cc2)=N3)c1C(F)(F)F. The van der Waals surface area contributed by atoms with Crippen LogP contribution in [0.5, 0.6) is 5.75 Å². The Balaban J connectivity index is 1.53. The van der Waals surface area contributed by atoms with Crippen LogP contribution in [0.25, 0.3) is 16.5 Å². The van der Waals surface area contributed by atoms with Crippen LogP contribution in [0, 0.1) is 0 Å². The fourth-order valence-electron chi connectivity index (χ4n) is 4.25. The summed E-state index contributed by atoms with van der Waals surface area (Å²) in [7, 11) is 1.60. The highest BCUT2D eigenvalue weighted by Crippen LogP contribution is 2.40. The first kappa shape index (κ1) is 23.4. The summed E-state index contributed by atoms with van der Waals surface area (Å²) in [6.45, 7) is 1.98. The molecule has 0 saturated carbocycles. The van der Waals surface area contributed by atoms with E-state index in [9.17, 15) is 18.0 Å². The molecule has 0 bridgehead atoms. The molecule has 0 spiro atoms. The average molecular weight is 494 g/mol. The second-order valence-corrected chi connectivity index (χ2v) is 8.03. The van der Waals surface area contributed by atoms with E-state index in [0.29, 0.717) is 28.8 Å². The summed E-state index contributed by atoms with van der Waals surface area (Å²) < 4.78 is 52.9. The summed E-state index contributed by atoms with van der Waals surface area (Å²) in [6.07, 6.45) is -3.94. The van der Waals surface area contributed by atoms with Crippen molar-refractivity contribution >= 4 is 28.3 Å². The molecular formula is C26H21F3N4O3. The van der Waals surface area contributed by atoms with Crippen LogP contribution in [0.1, 0.15) is 34.1 Å². The lowest BCUT2D eigenvalue weighted by atomic mass is 10.0. The molecule has 1 aromatic heterocycles. The van der Waals surface area contributed by atoms with Gasteiger partial charge in [-0.2, -0.15) is 18.3 Å². The van der Waals surface area contributed by atoms with Gasteiger partial charge in [0.25, 0.3) is 0 Å². The lowest BCUT2D eigenvalue weighted by Crippen LogP contribution is -2.22. The van der Waals surface area contributed by atoms with E-state index in [0.717, 1.165) is 27.8 Å². The van der Waals surface area contributed by atoms with Crippen molar-refractivity contribution in [3.05, 3.63) is 83.2 Å². The molecule has 0 amide bonds. The van der Waals surface area contributed by atoms with Crippen molar-refractivity contribution in [1.29, 1.82) is 0 Å². The van der Waals surface area contributed by atoms with E-state index in [4.69, 9.17) is 9.47 Å². The first-order chi connectivity index (χ1) is 17.3. The van der Waals surface area contributed by atoms with Crippen LogP contribution < -0.4 is 10.1 Å². The molecule has 0 saturated heterocycles. The second kappa shape index (κ2) is 9.03. The van der Waals surface area contributed by atoms with Crippen molar-refractivity contribution < 1.29 is 27.4 Å². The normalized spacial score (nSPS) is 12.5. The van der Waals surface area contributed by atoms with Gasteiger partial charge in [0.2, 0.25) is 0 Å². The molecule has 2 heterocycles. The van der Waals surface area contributed by atoms with Gasteiger partial charge in [0.05, 0.1) is 31.3 Å². The number of ether oxygens (including phenoxy) is 2. The third-order valence-electron chi connectivity index (χ3n) is 5.86. The van der Waals surface area contributed by atoms with Crippen LogP contribution in [-0.2, 0) is 17.5 Å². The van der Waals surface area contributed by atoms with Crippen LogP contribution in [0.4, 0.5) is 18.9 Å². The Hall–Kier alpha value is -4.34. The van der Waals surface area contributed by atoms with Gasteiger partial charge in [0, 0.05) is 22.9 Å². The van der Waals surface area contributed by atoms with Gasteiger partial charge in [-0.25, -0.2) is 14.5 Å². The Morgan fingerprint density at radius 2 is 1.86 bits per heavy atom. The van der Waals surface area contributed by atoms with Crippen LogP contribution in [0.2, 0.25) is 0 Å². The number of nitrogens with one attached hydrogen (secondary N) is 1. The van der Waals surface area contributed by atoms with E-state index in [-0.39, 0.29) is 12.3 Å². The maximum atomic E-state index is 14.1. The van der Waals surface area contributed by atoms with Gasteiger partial charge in [-0.05, 0) is 36.8 Å². The minimum absolute atomic E-state index is 0.0497. The lowest BCUT2D eigenvalue weighted by molar-refractivity contribution is -0.143. The first-order valence-electron chi connectivity index (χ1n) is 11.2. The Bertz CT molecular complexity index is 1490. The standard InChI is InChI=1S/C26H21F3N4O3/c1-3-36-25(34)19-14-31-33(23(19)26(27,28)29)21-12-11-20-22-17(21)5-4-6-18(22)24(32-20)30-13-15-7-9-16(35-2)10-8-15/h4-12,14H,3,13H2,1-2H3,(H,30,32). The molecule has 1 N–H and O–H groups in total. The smallest absolute Gasteiger partial charge is 0.434 e. The molecule has 0 unspecified atom stereocenters. The van der Waals surface area contributed by atoms with E-state index in [1.54, 1.807) is 25.3 Å². The van der Waals surface area contributed by atoms with Crippen molar-refractivity contribution in [2.75, 3.05) is 13.7 Å². The number of esters is 1. The number of rotatable bonds is 6. The van der Waals surface area contributed by atoms with E-state index >= 15 is 0 Å². The molecule has 7 nitrogen and oxygen atoms in total. The number of aliphatic imine (C=N–C) groups is 1. The number of carbonyl (C=O) groups excluding carboxylic acids is 1. The van der Waals surface area contributed by atoms with Crippen molar-refractivity contribution in [2.24, 2.45) is 4.99 Å². The molecule has 3 aromatic carbocycles. The summed E-state index contributed by atoms with van der Waals surface area (Å²) >= 11 is 0. The molecule has 0 atom stereocenters. The van der Waals surface area contributed by atoms with Crippen LogP contribution >= 0.6 is 0 Å². The summed E-state index contributed by atoms with van der Waals surface area (Å²) in [5.74, 6) is 0.298. The first-order valence-corrected chi connectivity index (χ1v) is 11.2. The number of benzene rings is 3. The monoisotopic (exact) mass is 494 g/mol. The quantitative estimate of drug-likeness (QED) is 0.363. The zero-order valence-corrected chi connectivity index (χ0v) is 19.4. The number of hydrogen-bond acceptors (Lipinski definition) is 6. The Morgan fingerprint density at radius 1 is 1.08 bits per heavy atom. The van der Waals surface area contributed by atoms with Crippen molar-refractivity contribution in [1.82, 2.24) is 15.1 Å². The van der Waals surface area contributed by atoms with Crippen molar-refractivity contribution in [3.63, 3.8) is 0 Å². The molecule has 184 valence electrons. The number of hydrogen-bond donors (Lipinski definition) is 1. The average Bonchev–Trinajstić information content (AvgIpc) is 3.47. The highest BCUT2D eigenvalue weighted by atomic mass is 19.4. The Kier molecular flexibility index (Phi) is 5.87. The molecule has 4 aromatic rings. The highest BCUT2D eigenvalue weighted by molar-refractivity contribution is 6.20. The number of methoxy groups -OCH3 is 1. The van der Waals surface area contributed by atoms with Crippen molar-refractivity contribution in [2.45, 2.75) is 19.6 Å². The molecule has 36 heavy (non-hydrogen) atoms. The van der Waals surface area contributed by atoms with Gasteiger partial charge in [-0.1, -0.05) is 30.3 Å². The summed E-state index contributed by atoms with van der Waals surface area (Å²) in [4.78, 5) is 16.9. The van der Waals surface area contributed by atoms with Crippen LogP contribution in [-0.4, -0.2) is 35.3 Å². The fraction of sp³-hybridized carbons (Fsp3) is 0.192. The Labute approximate surface area is 204 Å². The summed E-state index contributed by atoms with van der Waals surface area (Å²) in [6, 6.07) is 16.1. The molecule has 5 rings (SSSR count). The van der Waals surface area contributed by atoms with Gasteiger partial charge in [-0.3, -0.25) is 0 Å². The molecule has 0 fully saturated rings. The van der Waals surface area contributed by atoms with Gasteiger partial charge in [0.1, 0.15) is 17.1 Å². The number of alkyl halides is 3. The van der Waals surface area contributed by atoms with E-state index in [1.165, 1.54) is 13.0 Å². The zero-order chi connectivity index (χ0) is 25.4. The number of nitrogens with zero attached hydrogens (tertiary/aromatic N) is 3. The predicted molar refractivity (Wildman–Crippen MR) is 128 cm³/mol. The minimum Gasteiger partial charge on any atom is -0.497 e. The second-order valence-electron chi connectivity index (χ2n) is 8.03. The molecule has 0 radical (unpaired) electrons. The predicted octanol–water partition coefficient (Wildman–Crippen LogP) is 5.41. The molecular weight excluding hydrogens is 473 g/mol. The maximum absolute atomic E-state index is 14.1. The highest BCUT2D eigenvalue weighted by Gasteiger charge is 2.41. The number of aromatic nitrogens is 2. The van der Waals surface area contributed by atoms with Crippen LogP contribution in [0.15, 0.2) is 65.8 Å². The molecule has 10 heteroatoms.